The summed E-state index contributed by atoms with van der Waals surface area (Å²) >= 11 is 0. The minimum absolute atomic E-state index is 0.935. The van der Waals surface area contributed by atoms with E-state index in [0.29, 0.717) is 0 Å². The summed E-state index contributed by atoms with van der Waals surface area (Å²) < 4.78 is 0. The lowest BCUT2D eigenvalue weighted by Crippen LogP contribution is -2.15. The second-order valence-corrected chi connectivity index (χ2v) is 11.6. The van der Waals surface area contributed by atoms with Gasteiger partial charge in [0.1, 0.15) is 0 Å². The SMILES string of the molecule is CCCCCCCCC#Cc1ccc(C#Cc2ccc(CCC3CCC(CCCCCC)CC3)cc2)cc1. The highest BCUT2D eigenvalue weighted by Gasteiger charge is 2.20. The fraction of sp³-hybridized carbons (Fsp3) is 0.579. The lowest BCUT2D eigenvalue weighted by Gasteiger charge is -2.28. The van der Waals surface area contributed by atoms with Gasteiger partial charge in [-0.05, 0) is 73.1 Å². The van der Waals surface area contributed by atoms with Crippen LogP contribution in [-0.2, 0) is 6.42 Å². The van der Waals surface area contributed by atoms with Crippen LogP contribution in [0.25, 0.3) is 0 Å². The number of hydrogen-bond donors (Lipinski definition) is 0. The monoisotopic (exact) mass is 508 g/mol. The number of benzene rings is 2. The van der Waals surface area contributed by atoms with Crippen molar-refractivity contribution >= 4 is 0 Å². The van der Waals surface area contributed by atoms with Crippen molar-refractivity contribution in [3.05, 3.63) is 70.8 Å². The van der Waals surface area contributed by atoms with E-state index in [2.05, 4.69) is 86.1 Å². The highest BCUT2D eigenvalue weighted by atomic mass is 14.3. The predicted octanol–water partition coefficient (Wildman–Crippen LogP) is 10.9. The lowest BCUT2D eigenvalue weighted by molar-refractivity contribution is 0.249. The van der Waals surface area contributed by atoms with Crippen LogP contribution < -0.4 is 0 Å². The molecule has 0 unspecified atom stereocenters. The Morgan fingerprint density at radius 3 is 1.61 bits per heavy atom. The Balaban J connectivity index is 1.34. The van der Waals surface area contributed by atoms with Crippen molar-refractivity contribution in [1.82, 2.24) is 0 Å². The molecule has 0 saturated heterocycles. The second-order valence-electron chi connectivity index (χ2n) is 11.6. The van der Waals surface area contributed by atoms with Crippen LogP contribution in [-0.4, -0.2) is 0 Å². The van der Waals surface area contributed by atoms with E-state index < -0.39 is 0 Å². The molecule has 1 fully saturated rings. The van der Waals surface area contributed by atoms with Crippen molar-refractivity contribution in [2.45, 2.75) is 129 Å². The van der Waals surface area contributed by atoms with Gasteiger partial charge in [-0.15, -0.1) is 0 Å². The van der Waals surface area contributed by atoms with Crippen molar-refractivity contribution in [2.24, 2.45) is 11.8 Å². The zero-order valence-corrected chi connectivity index (χ0v) is 24.5. The van der Waals surface area contributed by atoms with E-state index in [4.69, 9.17) is 0 Å². The fourth-order valence-corrected chi connectivity index (χ4v) is 5.73. The molecule has 0 amide bonds. The van der Waals surface area contributed by atoms with Crippen molar-refractivity contribution in [2.75, 3.05) is 0 Å². The lowest BCUT2D eigenvalue weighted by atomic mass is 9.77. The van der Waals surface area contributed by atoms with E-state index >= 15 is 0 Å². The summed E-state index contributed by atoms with van der Waals surface area (Å²) in [6.07, 6.45) is 24.5. The third kappa shape index (κ3) is 12.4. The molecule has 0 spiro atoms. The largest absolute Gasteiger partial charge is 0.0979 e. The Kier molecular flexibility index (Phi) is 14.9. The zero-order valence-electron chi connectivity index (χ0n) is 24.5. The molecule has 1 aliphatic carbocycles. The van der Waals surface area contributed by atoms with E-state index in [0.717, 1.165) is 34.9 Å². The van der Waals surface area contributed by atoms with Gasteiger partial charge in [0.05, 0.1) is 0 Å². The molecule has 0 heteroatoms. The zero-order chi connectivity index (χ0) is 26.7. The van der Waals surface area contributed by atoms with Crippen molar-refractivity contribution in [3.63, 3.8) is 0 Å². The first-order valence-corrected chi connectivity index (χ1v) is 16.0. The quantitative estimate of drug-likeness (QED) is 0.176. The number of hydrogen-bond acceptors (Lipinski definition) is 0. The molecular weight excluding hydrogens is 456 g/mol. The van der Waals surface area contributed by atoms with Gasteiger partial charge in [0, 0.05) is 23.1 Å². The summed E-state index contributed by atoms with van der Waals surface area (Å²) in [6, 6.07) is 17.3. The van der Waals surface area contributed by atoms with Gasteiger partial charge in [-0.3, -0.25) is 0 Å². The maximum absolute atomic E-state index is 3.34. The molecule has 0 aromatic heterocycles. The van der Waals surface area contributed by atoms with Crippen molar-refractivity contribution in [3.8, 4) is 23.7 Å². The Morgan fingerprint density at radius 2 is 1.00 bits per heavy atom. The van der Waals surface area contributed by atoms with Gasteiger partial charge in [0.25, 0.3) is 0 Å². The summed E-state index contributed by atoms with van der Waals surface area (Å²) in [7, 11) is 0. The number of unbranched alkanes of at least 4 members (excludes halogenated alkanes) is 9. The standard InChI is InChI=1S/C38H52/c1-3-5-7-9-10-11-12-14-16-34-19-23-36(24-20-34)26-28-38-31-29-37(30-32-38)27-25-35-21-17-33(18-22-35)15-13-8-6-4-2/h19-20,23-24,29-33,35H,3-13,15,17-18,21-22,25,27H2,1-2H3. The molecule has 2 aromatic rings. The molecule has 0 atom stereocenters. The van der Waals surface area contributed by atoms with Gasteiger partial charge < -0.3 is 0 Å². The molecule has 0 N–H and O–H groups in total. The first kappa shape index (κ1) is 30.1. The van der Waals surface area contributed by atoms with Crippen LogP contribution >= 0.6 is 0 Å². The van der Waals surface area contributed by atoms with Crippen LogP contribution in [0, 0.1) is 35.5 Å². The highest BCUT2D eigenvalue weighted by molar-refractivity contribution is 5.46. The topological polar surface area (TPSA) is 0 Å². The minimum Gasteiger partial charge on any atom is -0.0979 e. The Hall–Kier alpha value is -2.44. The summed E-state index contributed by atoms with van der Waals surface area (Å²) in [5.74, 6) is 15.2. The number of aryl methyl sites for hydroxylation is 1. The molecule has 0 aliphatic heterocycles. The smallest absolute Gasteiger partial charge is 0.0249 e. The maximum atomic E-state index is 3.34. The average Bonchev–Trinajstić information content (AvgIpc) is 2.96. The molecule has 38 heavy (non-hydrogen) atoms. The van der Waals surface area contributed by atoms with E-state index in [1.165, 1.54) is 115 Å². The fourth-order valence-electron chi connectivity index (χ4n) is 5.73. The summed E-state index contributed by atoms with van der Waals surface area (Å²) in [5, 5.41) is 0. The van der Waals surface area contributed by atoms with Gasteiger partial charge in [0.2, 0.25) is 0 Å². The van der Waals surface area contributed by atoms with Crippen molar-refractivity contribution < 1.29 is 0 Å². The predicted molar refractivity (Wildman–Crippen MR) is 166 cm³/mol. The van der Waals surface area contributed by atoms with Crippen LogP contribution in [0.2, 0.25) is 0 Å². The van der Waals surface area contributed by atoms with Gasteiger partial charge in [-0.2, -0.15) is 0 Å². The van der Waals surface area contributed by atoms with Gasteiger partial charge in [-0.1, -0.05) is 140 Å². The number of rotatable bonds is 14. The van der Waals surface area contributed by atoms with Crippen LogP contribution in [0.15, 0.2) is 48.5 Å². The molecule has 1 aliphatic rings. The first-order valence-electron chi connectivity index (χ1n) is 16.0. The molecular formula is C38H52. The molecule has 204 valence electrons. The summed E-state index contributed by atoms with van der Waals surface area (Å²) in [4.78, 5) is 0. The Bertz CT molecular complexity index is 994. The van der Waals surface area contributed by atoms with Gasteiger partial charge in [0.15, 0.2) is 0 Å². The van der Waals surface area contributed by atoms with Crippen LogP contribution in [0.4, 0.5) is 0 Å². The van der Waals surface area contributed by atoms with E-state index in [1.54, 1.807) is 0 Å². The van der Waals surface area contributed by atoms with Crippen LogP contribution in [0.1, 0.15) is 145 Å². The average molecular weight is 509 g/mol. The maximum Gasteiger partial charge on any atom is 0.0249 e. The molecule has 0 radical (unpaired) electrons. The van der Waals surface area contributed by atoms with Crippen LogP contribution in [0.3, 0.4) is 0 Å². The molecule has 0 bridgehead atoms. The molecule has 0 nitrogen and oxygen atoms in total. The highest BCUT2D eigenvalue weighted by Crippen LogP contribution is 2.34. The van der Waals surface area contributed by atoms with Gasteiger partial charge >= 0.3 is 0 Å². The Labute approximate surface area is 235 Å². The van der Waals surface area contributed by atoms with E-state index in [9.17, 15) is 0 Å². The molecule has 1 saturated carbocycles. The summed E-state index contributed by atoms with van der Waals surface area (Å²) in [6.45, 7) is 4.57. The third-order valence-corrected chi connectivity index (χ3v) is 8.35. The third-order valence-electron chi connectivity index (χ3n) is 8.35. The molecule has 2 aromatic carbocycles. The van der Waals surface area contributed by atoms with E-state index in [1.807, 2.05) is 0 Å². The minimum atomic E-state index is 0.935. The molecule has 0 heterocycles. The van der Waals surface area contributed by atoms with Gasteiger partial charge in [-0.25, -0.2) is 0 Å². The first-order chi connectivity index (χ1) is 18.8. The van der Waals surface area contributed by atoms with Crippen LogP contribution in [0.5, 0.6) is 0 Å². The normalized spacial score (nSPS) is 16.8. The second kappa shape index (κ2) is 18.8. The van der Waals surface area contributed by atoms with E-state index in [-0.39, 0.29) is 0 Å². The Morgan fingerprint density at radius 1 is 0.526 bits per heavy atom. The van der Waals surface area contributed by atoms with Crippen molar-refractivity contribution in [1.29, 1.82) is 0 Å². The summed E-state index contributed by atoms with van der Waals surface area (Å²) in [5.41, 5.74) is 4.70. The molecule has 3 rings (SSSR count).